The number of rotatable bonds is 7. The third-order valence-electron chi connectivity index (χ3n) is 1.69. The van der Waals surface area contributed by atoms with Crippen LogP contribution in [0.15, 0.2) is 0 Å². The molecule has 0 bridgehead atoms. The van der Waals surface area contributed by atoms with Gasteiger partial charge in [-0.25, -0.2) is 13.2 Å². The number of sulfone groups is 1. The van der Waals surface area contributed by atoms with Crippen molar-refractivity contribution in [2.24, 2.45) is 0 Å². The third-order valence-corrected chi connectivity index (χ3v) is 3.44. The van der Waals surface area contributed by atoms with Crippen LogP contribution in [0, 0.1) is 0 Å². The van der Waals surface area contributed by atoms with Crippen molar-refractivity contribution in [3.05, 3.63) is 0 Å². The summed E-state index contributed by atoms with van der Waals surface area (Å²) in [5.74, 6) is -3.21. The number of carbonyl (C=O) groups is 2. The van der Waals surface area contributed by atoms with E-state index in [0.29, 0.717) is 0 Å². The molecule has 8 heteroatoms. The minimum Gasteiger partial charge on any atom is -0.480 e. The Morgan fingerprint density at radius 1 is 1.44 bits per heavy atom. The number of carbonyl (C=O) groups excluding carboxylic acids is 1. The summed E-state index contributed by atoms with van der Waals surface area (Å²) in [6.45, 7) is 0.307. The fraction of sp³-hybridized carbons (Fsp3) is 0.750. The first-order chi connectivity index (χ1) is 7.28. The summed E-state index contributed by atoms with van der Waals surface area (Å²) in [5, 5.41) is 10.7. The fourth-order valence-electron chi connectivity index (χ4n) is 1.03. The van der Waals surface area contributed by atoms with Crippen molar-refractivity contribution in [1.29, 1.82) is 0 Å². The molecule has 0 heterocycles. The van der Waals surface area contributed by atoms with E-state index in [1.165, 1.54) is 0 Å². The average Bonchev–Trinajstić information content (AvgIpc) is 2.12. The molecule has 0 fully saturated rings. The van der Waals surface area contributed by atoms with Crippen molar-refractivity contribution in [2.45, 2.75) is 19.4 Å². The standard InChI is InChI=1S/C8H14FNO5S/c1-6(11)10-7(8(12)13)5-16(14,15)4-2-3-9/h7H,2-5H2,1H3,(H,10,11)(H,12,13). The van der Waals surface area contributed by atoms with Crippen LogP contribution in [-0.4, -0.2) is 49.6 Å². The molecular formula is C8H14FNO5S. The van der Waals surface area contributed by atoms with Crippen molar-refractivity contribution >= 4 is 21.7 Å². The van der Waals surface area contributed by atoms with Crippen molar-refractivity contribution in [3.63, 3.8) is 0 Å². The number of hydrogen-bond donors (Lipinski definition) is 2. The molecule has 0 saturated carbocycles. The maximum Gasteiger partial charge on any atom is 0.327 e. The predicted octanol–water partition coefficient (Wildman–Crippen LogP) is -0.650. The van der Waals surface area contributed by atoms with E-state index < -0.39 is 45.9 Å². The lowest BCUT2D eigenvalue weighted by Gasteiger charge is -2.12. The number of amides is 1. The molecule has 2 N–H and O–H groups in total. The van der Waals surface area contributed by atoms with Crippen molar-refractivity contribution in [3.8, 4) is 0 Å². The second-order valence-electron chi connectivity index (χ2n) is 3.25. The van der Waals surface area contributed by atoms with E-state index in [0.717, 1.165) is 6.92 Å². The van der Waals surface area contributed by atoms with E-state index in [9.17, 15) is 22.4 Å². The van der Waals surface area contributed by atoms with Gasteiger partial charge in [0.15, 0.2) is 9.84 Å². The van der Waals surface area contributed by atoms with Gasteiger partial charge in [-0.3, -0.25) is 9.18 Å². The number of hydrogen-bond acceptors (Lipinski definition) is 4. The number of carboxylic acid groups (broad SMARTS) is 1. The van der Waals surface area contributed by atoms with E-state index >= 15 is 0 Å². The molecule has 0 rings (SSSR count). The Balaban J connectivity index is 4.50. The first-order valence-electron chi connectivity index (χ1n) is 4.55. The van der Waals surface area contributed by atoms with E-state index in [4.69, 9.17) is 5.11 Å². The van der Waals surface area contributed by atoms with Crippen LogP contribution in [0.4, 0.5) is 4.39 Å². The van der Waals surface area contributed by atoms with Crippen molar-refractivity contribution in [1.82, 2.24) is 5.32 Å². The minimum absolute atomic E-state index is 0.172. The topological polar surface area (TPSA) is 101 Å². The van der Waals surface area contributed by atoms with Crippen LogP contribution in [-0.2, 0) is 19.4 Å². The van der Waals surface area contributed by atoms with Crippen LogP contribution in [0.1, 0.15) is 13.3 Å². The number of aliphatic carboxylic acids is 1. The summed E-state index contributed by atoms with van der Waals surface area (Å²) in [7, 11) is -3.67. The van der Waals surface area contributed by atoms with Crippen LogP contribution >= 0.6 is 0 Å². The normalized spacial score (nSPS) is 13.1. The summed E-state index contributed by atoms with van der Waals surface area (Å²) in [6, 6.07) is -1.48. The Bertz CT molecular complexity index is 353. The quantitative estimate of drug-likeness (QED) is 0.629. The molecule has 1 amide bonds. The SMILES string of the molecule is CC(=O)NC(CS(=O)(=O)CCCF)C(=O)O. The number of halogens is 1. The van der Waals surface area contributed by atoms with E-state index in [1.54, 1.807) is 0 Å². The molecule has 6 nitrogen and oxygen atoms in total. The Morgan fingerprint density at radius 2 is 2.00 bits per heavy atom. The molecule has 94 valence electrons. The highest BCUT2D eigenvalue weighted by atomic mass is 32.2. The number of alkyl halides is 1. The predicted molar refractivity (Wildman–Crippen MR) is 54.5 cm³/mol. The van der Waals surface area contributed by atoms with E-state index in [-0.39, 0.29) is 6.42 Å². The van der Waals surface area contributed by atoms with Crippen molar-refractivity contribution < 1.29 is 27.5 Å². The third kappa shape index (κ3) is 6.33. The molecule has 1 unspecified atom stereocenters. The Kier molecular flexibility index (Phi) is 5.94. The number of carboxylic acids is 1. The van der Waals surface area contributed by atoms with Gasteiger partial charge in [-0.1, -0.05) is 0 Å². The molecule has 0 aliphatic rings. The van der Waals surface area contributed by atoms with Crippen LogP contribution in [0.25, 0.3) is 0 Å². The Labute approximate surface area is 92.8 Å². The largest absolute Gasteiger partial charge is 0.480 e. The monoisotopic (exact) mass is 255 g/mol. The fourth-order valence-corrected chi connectivity index (χ4v) is 2.48. The van der Waals surface area contributed by atoms with Crippen molar-refractivity contribution in [2.75, 3.05) is 18.2 Å². The van der Waals surface area contributed by atoms with Gasteiger partial charge in [0.05, 0.1) is 18.2 Å². The van der Waals surface area contributed by atoms with Gasteiger partial charge in [0, 0.05) is 6.92 Å². The molecular weight excluding hydrogens is 241 g/mol. The summed E-state index contributed by atoms with van der Waals surface area (Å²) in [6.07, 6.45) is -0.172. The number of nitrogens with one attached hydrogen (secondary N) is 1. The lowest BCUT2D eigenvalue weighted by Crippen LogP contribution is -2.44. The van der Waals surface area contributed by atoms with Crippen LogP contribution in [0.5, 0.6) is 0 Å². The van der Waals surface area contributed by atoms with Gasteiger partial charge < -0.3 is 10.4 Å². The zero-order chi connectivity index (χ0) is 12.8. The zero-order valence-electron chi connectivity index (χ0n) is 8.77. The molecule has 0 saturated heterocycles. The van der Waals surface area contributed by atoms with E-state index in [1.807, 2.05) is 5.32 Å². The molecule has 0 aliphatic carbocycles. The van der Waals surface area contributed by atoms with Crippen LogP contribution in [0.2, 0.25) is 0 Å². The Morgan fingerprint density at radius 3 is 2.38 bits per heavy atom. The molecule has 0 aliphatic heterocycles. The molecule has 0 radical (unpaired) electrons. The highest BCUT2D eigenvalue weighted by Gasteiger charge is 2.25. The maximum absolute atomic E-state index is 11.8. The Hall–Kier alpha value is -1.18. The smallest absolute Gasteiger partial charge is 0.327 e. The molecule has 0 aromatic rings. The molecule has 1 atom stereocenters. The first-order valence-corrected chi connectivity index (χ1v) is 6.37. The van der Waals surface area contributed by atoms with Gasteiger partial charge in [-0.05, 0) is 6.42 Å². The highest BCUT2D eigenvalue weighted by Crippen LogP contribution is 1.99. The van der Waals surface area contributed by atoms with Gasteiger partial charge in [0.2, 0.25) is 5.91 Å². The minimum atomic E-state index is -3.67. The zero-order valence-corrected chi connectivity index (χ0v) is 9.59. The van der Waals surface area contributed by atoms with Gasteiger partial charge >= 0.3 is 5.97 Å². The molecule has 0 aromatic carbocycles. The maximum atomic E-state index is 11.8. The van der Waals surface area contributed by atoms with E-state index in [2.05, 4.69) is 0 Å². The average molecular weight is 255 g/mol. The second-order valence-corrected chi connectivity index (χ2v) is 5.48. The van der Waals surface area contributed by atoms with Crippen LogP contribution in [0.3, 0.4) is 0 Å². The van der Waals surface area contributed by atoms with Gasteiger partial charge in [-0.2, -0.15) is 0 Å². The first kappa shape index (κ1) is 14.8. The van der Waals surface area contributed by atoms with Gasteiger partial charge in [0.1, 0.15) is 6.04 Å². The lowest BCUT2D eigenvalue weighted by molar-refractivity contribution is -0.140. The highest BCUT2D eigenvalue weighted by molar-refractivity contribution is 7.91. The lowest BCUT2D eigenvalue weighted by atomic mass is 10.3. The molecule has 0 aromatic heterocycles. The van der Waals surface area contributed by atoms with Gasteiger partial charge in [0.25, 0.3) is 0 Å². The van der Waals surface area contributed by atoms with Gasteiger partial charge in [-0.15, -0.1) is 0 Å². The summed E-state index contributed by atoms with van der Waals surface area (Å²) < 4.78 is 34.4. The molecule has 16 heavy (non-hydrogen) atoms. The summed E-state index contributed by atoms with van der Waals surface area (Å²) >= 11 is 0. The summed E-state index contributed by atoms with van der Waals surface area (Å²) in [4.78, 5) is 21.3. The van der Waals surface area contributed by atoms with Crippen LogP contribution < -0.4 is 5.32 Å². The second kappa shape index (κ2) is 6.41. The molecule has 0 spiro atoms. The summed E-state index contributed by atoms with van der Waals surface area (Å²) in [5.41, 5.74) is 0.